The first-order valence-electron chi connectivity index (χ1n) is 3.59. The molecule has 2 heteroatoms. The zero-order valence-corrected chi connectivity index (χ0v) is 5.93. The minimum Gasteiger partial charge on any atom is -0.390 e. The van der Waals surface area contributed by atoms with Gasteiger partial charge in [0.15, 0.2) is 0 Å². The maximum Gasteiger partial charge on any atom is 0.0659 e. The molecule has 0 spiro atoms. The fourth-order valence-electron chi connectivity index (χ4n) is 1.59. The molecule has 0 bridgehead atoms. The average Bonchev–Trinajstić information content (AvgIpc) is 2.08. The van der Waals surface area contributed by atoms with Crippen LogP contribution in [-0.4, -0.2) is 17.3 Å². The van der Waals surface area contributed by atoms with Crippen LogP contribution < -0.4 is 5.73 Å². The van der Waals surface area contributed by atoms with Gasteiger partial charge in [-0.15, -0.1) is 0 Å². The maximum absolute atomic E-state index is 9.57. The van der Waals surface area contributed by atoms with Crippen LogP contribution in [0.1, 0.15) is 26.2 Å². The van der Waals surface area contributed by atoms with Crippen LogP contribution in [0.5, 0.6) is 0 Å². The quantitative estimate of drug-likeness (QED) is 0.541. The lowest BCUT2D eigenvalue weighted by molar-refractivity contribution is 0.0248. The monoisotopic (exact) mass is 129 g/mol. The van der Waals surface area contributed by atoms with E-state index >= 15 is 0 Å². The van der Waals surface area contributed by atoms with Crippen LogP contribution in [0.2, 0.25) is 0 Å². The van der Waals surface area contributed by atoms with Crippen molar-refractivity contribution in [2.24, 2.45) is 11.7 Å². The molecule has 0 aromatic rings. The van der Waals surface area contributed by atoms with Crippen molar-refractivity contribution in [3.8, 4) is 0 Å². The van der Waals surface area contributed by atoms with Gasteiger partial charge in [-0.25, -0.2) is 0 Å². The zero-order chi connectivity index (χ0) is 6.91. The summed E-state index contributed by atoms with van der Waals surface area (Å²) in [5, 5.41) is 9.57. The second-order valence-electron chi connectivity index (χ2n) is 3.18. The molecule has 0 unspecified atom stereocenters. The highest BCUT2D eigenvalue weighted by Gasteiger charge is 2.35. The Balaban J connectivity index is 2.52. The van der Waals surface area contributed by atoms with Gasteiger partial charge in [-0.3, -0.25) is 0 Å². The van der Waals surface area contributed by atoms with Gasteiger partial charge in [-0.1, -0.05) is 6.42 Å². The standard InChI is InChI=1S/C7H15NO/c1-7(9)4-2-3-6(7)5-8/h6,9H,2-5,8H2,1H3/t6-,7-/m0/s1. The largest absolute Gasteiger partial charge is 0.390 e. The molecule has 2 nitrogen and oxygen atoms in total. The van der Waals surface area contributed by atoms with Gasteiger partial charge in [-0.2, -0.15) is 0 Å². The third kappa shape index (κ3) is 1.25. The van der Waals surface area contributed by atoms with Gasteiger partial charge < -0.3 is 10.8 Å². The lowest BCUT2D eigenvalue weighted by atomic mass is 9.93. The van der Waals surface area contributed by atoms with E-state index in [4.69, 9.17) is 5.73 Å². The Morgan fingerprint density at radius 1 is 1.78 bits per heavy atom. The van der Waals surface area contributed by atoms with Gasteiger partial charge in [0.2, 0.25) is 0 Å². The predicted octanol–water partition coefficient (Wildman–Crippen LogP) is 0.496. The molecular formula is C7H15NO. The lowest BCUT2D eigenvalue weighted by Crippen LogP contribution is -2.33. The van der Waals surface area contributed by atoms with Gasteiger partial charge in [0.25, 0.3) is 0 Å². The molecule has 0 saturated heterocycles. The summed E-state index contributed by atoms with van der Waals surface area (Å²) in [5.41, 5.74) is 4.99. The van der Waals surface area contributed by atoms with Gasteiger partial charge in [0.1, 0.15) is 0 Å². The van der Waals surface area contributed by atoms with Gasteiger partial charge in [-0.05, 0) is 32.2 Å². The molecule has 0 heterocycles. The van der Waals surface area contributed by atoms with Gasteiger partial charge in [0, 0.05) is 0 Å². The summed E-state index contributed by atoms with van der Waals surface area (Å²) < 4.78 is 0. The molecular weight excluding hydrogens is 114 g/mol. The Bertz CT molecular complexity index is 101. The Morgan fingerprint density at radius 3 is 2.67 bits per heavy atom. The second-order valence-corrected chi connectivity index (χ2v) is 3.18. The third-order valence-electron chi connectivity index (χ3n) is 2.40. The van der Waals surface area contributed by atoms with Crippen molar-refractivity contribution >= 4 is 0 Å². The van der Waals surface area contributed by atoms with Crippen molar-refractivity contribution in [2.45, 2.75) is 31.8 Å². The molecule has 2 atom stereocenters. The molecule has 1 saturated carbocycles. The first-order valence-corrected chi connectivity index (χ1v) is 3.59. The molecule has 9 heavy (non-hydrogen) atoms. The minimum absolute atomic E-state index is 0.345. The highest BCUT2D eigenvalue weighted by molar-refractivity contribution is 4.88. The fraction of sp³-hybridized carbons (Fsp3) is 1.00. The lowest BCUT2D eigenvalue weighted by Gasteiger charge is -2.23. The van der Waals surface area contributed by atoms with Gasteiger partial charge >= 0.3 is 0 Å². The first-order chi connectivity index (χ1) is 4.17. The van der Waals surface area contributed by atoms with Crippen LogP contribution in [0.4, 0.5) is 0 Å². The summed E-state index contributed by atoms with van der Waals surface area (Å²) in [6.45, 7) is 2.52. The molecule has 0 aromatic heterocycles. The van der Waals surface area contributed by atoms with Crippen molar-refractivity contribution in [1.82, 2.24) is 0 Å². The predicted molar refractivity (Wildman–Crippen MR) is 37.0 cm³/mol. The van der Waals surface area contributed by atoms with E-state index < -0.39 is 5.60 Å². The summed E-state index contributed by atoms with van der Waals surface area (Å²) in [6.07, 6.45) is 3.16. The van der Waals surface area contributed by atoms with Crippen molar-refractivity contribution in [3.63, 3.8) is 0 Å². The van der Waals surface area contributed by atoms with Gasteiger partial charge in [0.05, 0.1) is 5.60 Å². The number of hydrogen-bond donors (Lipinski definition) is 2. The summed E-state index contributed by atoms with van der Waals surface area (Å²) in [7, 11) is 0. The van der Waals surface area contributed by atoms with Crippen LogP contribution in [0.3, 0.4) is 0 Å². The molecule has 54 valence electrons. The summed E-state index contributed by atoms with van der Waals surface area (Å²) in [5.74, 6) is 0.345. The molecule has 1 aliphatic carbocycles. The van der Waals surface area contributed by atoms with E-state index in [1.165, 1.54) is 0 Å². The minimum atomic E-state index is -0.464. The molecule has 1 aliphatic rings. The number of rotatable bonds is 1. The molecule has 3 N–H and O–H groups in total. The number of aliphatic hydroxyl groups is 1. The van der Waals surface area contributed by atoms with E-state index in [2.05, 4.69) is 0 Å². The average molecular weight is 129 g/mol. The number of hydrogen-bond acceptors (Lipinski definition) is 2. The summed E-state index contributed by atoms with van der Waals surface area (Å²) in [6, 6.07) is 0. The maximum atomic E-state index is 9.57. The van der Waals surface area contributed by atoms with Crippen LogP contribution in [-0.2, 0) is 0 Å². The normalized spacial score (nSPS) is 43.7. The van der Waals surface area contributed by atoms with Crippen LogP contribution in [0.25, 0.3) is 0 Å². The highest BCUT2D eigenvalue weighted by Crippen LogP contribution is 2.33. The molecule has 1 rings (SSSR count). The van der Waals surface area contributed by atoms with Crippen LogP contribution in [0.15, 0.2) is 0 Å². The fourth-order valence-corrected chi connectivity index (χ4v) is 1.59. The van der Waals surface area contributed by atoms with Crippen molar-refractivity contribution in [2.75, 3.05) is 6.54 Å². The van der Waals surface area contributed by atoms with E-state index in [1.54, 1.807) is 0 Å². The smallest absolute Gasteiger partial charge is 0.0659 e. The number of nitrogens with two attached hydrogens (primary N) is 1. The van der Waals surface area contributed by atoms with Crippen LogP contribution >= 0.6 is 0 Å². The molecule has 0 aliphatic heterocycles. The Kier molecular flexibility index (Phi) is 1.78. The topological polar surface area (TPSA) is 46.2 Å². The summed E-state index contributed by atoms with van der Waals surface area (Å²) in [4.78, 5) is 0. The summed E-state index contributed by atoms with van der Waals surface area (Å²) >= 11 is 0. The van der Waals surface area contributed by atoms with E-state index in [-0.39, 0.29) is 0 Å². The molecule has 1 fully saturated rings. The van der Waals surface area contributed by atoms with E-state index in [9.17, 15) is 5.11 Å². The Morgan fingerprint density at radius 2 is 2.44 bits per heavy atom. The van der Waals surface area contributed by atoms with E-state index in [0.717, 1.165) is 19.3 Å². The highest BCUT2D eigenvalue weighted by atomic mass is 16.3. The SMILES string of the molecule is C[C@]1(O)CCC[C@H]1CN. The Hall–Kier alpha value is -0.0800. The van der Waals surface area contributed by atoms with Crippen LogP contribution in [0, 0.1) is 5.92 Å². The molecule has 0 radical (unpaired) electrons. The molecule has 0 amide bonds. The van der Waals surface area contributed by atoms with Crippen molar-refractivity contribution in [1.29, 1.82) is 0 Å². The van der Waals surface area contributed by atoms with E-state index in [0.29, 0.717) is 12.5 Å². The third-order valence-corrected chi connectivity index (χ3v) is 2.40. The molecule has 0 aromatic carbocycles. The van der Waals surface area contributed by atoms with Crippen molar-refractivity contribution in [3.05, 3.63) is 0 Å². The first kappa shape index (κ1) is 7.03. The Labute approximate surface area is 56.1 Å². The second kappa shape index (κ2) is 2.27. The van der Waals surface area contributed by atoms with Crippen molar-refractivity contribution < 1.29 is 5.11 Å². The zero-order valence-electron chi connectivity index (χ0n) is 5.93. The van der Waals surface area contributed by atoms with E-state index in [1.807, 2.05) is 6.92 Å².